The van der Waals surface area contributed by atoms with E-state index in [0.29, 0.717) is 17.8 Å². The van der Waals surface area contributed by atoms with E-state index in [1.165, 1.54) is 12.0 Å². The Labute approximate surface area is 113 Å². The molecule has 0 saturated heterocycles. The van der Waals surface area contributed by atoms with Gasteiger partial charge in [0.1, 0.15) is 0 Å². The van der Waals surface area contributed by atoms with E-state index < -0.39 is 0 Å². The molecule has 0 bridgehead atoms. The van der Waals surface area contributed by atoms with Gasteiger partial charge < -0.3 is 4.74 Å². The molecule has 0 heterocycles. The molecule has 2 atom stereocenters. The van der Waals surface area contributed by atoms with Crippen molar-refractivity contribution in [1.29, 1.82) is 0 Å². The molecule has 1 rings (SSSR count). The average molecular weight is 248 g/mol. The van der Waals surface area contributed by atoms with Crippen LogP contribution in [0.5, 0.6) is 0 Å². The van der Waals surface area contributed by atoms with Gasteiger partial charge in [-0.25, -0.2) is 0 Å². The third-order valence-corrected chi connectivity index (χ3v) is 3.69. The quantitative estimate of drug-likeness (QED) is 0.653. The van der Waals surface area contributed by atoms with Crippen LogP contribution in [0.2, 0.25) is 0 Å². The van der Waals surface area contributed by atoms with Gasteiger partial charge >= 0.3 is 0 Å². The first-order valence-corrected chi connectivity index (χ1v) is 7.22. The number of ether oxygens (including phenoxy) is 1. The van der Waals surface area contributed by atoms with Crippen LogP contribution < -0.4 is 0 Å². The minimum atomic E-state index is 0.221. The van der Waals surface area contributed by atoms with Crippen LogP contribution in [0.3, 0.4) is 0 Å². The summed E-state index contributed by atoms with van der Waals surface area (Å²) >= 11 is 0. The Balaban J connectivity index is 2.65. The van der Waals surface area contributed by atoms with Crippen molar-refractivity contribution in [3.8, 4) is 0 Å². The maximum absolute atomic E-state index is 6.20. The second-order valence-corrected chi connectivity index (χ2v) is 5.82. The highest BCUT2D eigenvalue weighted by Gasteiger charge is 2.19. The summed E-state index contributed by atoms with van der Waals surface area (Å²) in [6.45, 7) is 12.1. The Hall–Kier alpha value is -0.820. The lowest BCUT2D eigenvalue weighted by Crippen LogP contribution is -2.19. The monoisotopic (exact) mass is 248 g/mol. The Bertz CT molecular complexity index is 316. The maximum atomic E-state index is 6.20. The van der Waals surface area contributed by atoms with Gasteiger partial charge in [0.15, 0.2) is 0 Å². The zero-order chi connectivity index (χ0) is 13.5. The molecule has 0 aliphatic rings. The topological polar surface area (TPSA) is 9.23 Å². The van der Waals surface area contributed by atoms with Gasteiger partial charge in [0.05, 0.1) is 12.7 Å². The Morgan fingerprint density at radius 1 is 0.944 bits per heavy atom. The summed E-state index contributed by atoms with van der Waals surface area (Å²) in [6.07, 6.45) is 1.41. The molecule has 1 heteroatoms. The SMILES string of the molecule is CCC(COC(c1ccccc1)C(C)C)C(C)C. The van der Waals surface area contributed by atoms with Gasteiger partial charge in [0.2, 0.25) is 0 Å². The normalized spacial score (nSPS) is 15.1. The average Bonchev–Trinajstić information content (AvgIpc) is 2.35. The highest BCUT2D eigenvalue weighted by Crippen LogP contribution is 2.27. The van der Waals surface area contributed by atoms with Crippen LogP contribution in [-0.2, 0) is 4.74 Å². The van der Waals surface area contributed by atoms with E-state index in [0.717, 1.165) is 6.61 Å². The molecule has 0 aromatic heterocycles. The summed E-state index contributed by atoms with van der Waals surface area (Å²) in [5.74, 6) is 1.87. The largest absolute Gasteiger partial charge is 0.373 e. The third-order valence-electron chi connectivity index (χ3n) is 3.69. The fourth-order valence-electron chi connectivity index (χ4n) is 2.33. The summed E-state index contributed by atoms with van der Waals surface area (Å²) in [7, 11) is 0. The second kappa shape index (κ2) is 7.58. The van der Waals surface area contributed by atoms with Crippen molar-refractivity contribution in [2.75, 3.05) is 6.61 Å². The molecular weight excluding hydrogens is 220 g/mol. The van der Waals surface area contributed by atoms with E-state index >= 15 is 0 Å². The molecule has 0 radical (unpaired) electrons. The lowest BCUT2D eigenvalue weighted by molar-refractivity contribution is -0.00887. The predicted octanol–water partition coefficient (Wildman–Crippen LogP) is 5.08. The van der Waals surface area contributed by atoms with Crippen LogP contribution in [0.15, 0.2) is 30.3 Å². The van der Waals surface area contributed by atoms with Crippen LogP contribution in [-0.4, -0.2) is 6.61 Å². The van der Waals surface area contributed by atoms with Crippen molar-refractivity contribution < 1.29 is 4.74 Å². The van der Waals surface area contributed by atoms with E-state index in [9.17, 15) is 0 Å². The van der Waals surface area contributed by atoms with Gasteiger partial charge in [0.25, 0.3) is 0 Å². The zero-order valence-electron chi connectivity index (χ0n) is 12.5. The van der Waals surface area contributed by atoms with Gasteiger partial charge in [-0.15, -0.1) is 0 Å². The number of rotatable bonds is 7. The van der Waals surface area contributed by atoms with E-state index in [2.05, 4.69) is 65.0 Å². The van der Waals surface area contributed by atoms with E-state index in [1.807, 2.05) is 0 Å². The molecule has 1 nitrogen and oxygen atoms in total. The van der Waals surface area contributed by atoms with E-state index in [1.54, 1.807) is 0 Å². The highest BCUT2D eigenvalue weighted by atomic mass is 16.5. The first-order valence-electron chi connectivity index (χ1n) is 7.22. The molecule has 2 unspecified atom stereocenters. The third kappa shape index (κ3) is 4.45. The fourth-order valence-corrected chi connectivity index (χ4v) is 2.33. The molecule has 0 fully saturated rings. The van der Waals surface area contributed by atoms with Crippen molar-refractivity contribution in [2.24, 2.45) is 17.8 Å². The minimum absolute atomic E-state index is 0.221. The van der Waals surface area contributed by atoms with Crippen LogP contribution in [0, 0.1) is 17.8 Å². The molecule has 0 amide bonds. The molecule has 0 saturated carbocycles. The van der Waals surface area contributed by atoms with Gasteiger partial charge in [-0.05, 0) is 23.3 Å². The minimum Gasteiger partial charge on any atom is -0.373 e. The summed E-state index contributed by atoms with van der Waals surface area (Å²) in [5, 5.41) is 0. The molecule has 0 aliphatic heterocycles. The molecule has 0 aliphatic carbocycles. The Morgan fingerprint density at radius 2 is 1.56 bits per heavy atom. The predicted molar refractivity (Wildman–Crippen MR) is 78.6 cm³/mol. The lowest BCUT2D eigenvalue weighted by Gasteiger charge is -2.26. The van der Waals surface area contributed by atoms with Gasteiger partial charge in [-0.1, -0.05) is 71.4 Å². The van der Waals surface area contributed by atoms with Crippen LogP contribution >= 0.6 is 0 Å². The molecule has 1 aromatic carbocycles. The second-order valence-electron chi connectivity index (χ2n) is 5.82. The first-order chi connectivity index (χ1) is 8.56. The maximum Gasteiger partial charge on any atom is 0.0847 e. The van der Waals surface area contributed by atoms with Crippen molar-refractivity contribution in [3.63, 3.8) is 0 Å². The number of hydrogen-bond donors (Lipinski definition) is 0. The van der Waals surface area contributed by atoms with Crippen molar-refractivity contribution in [1.82, 2.24) is 0 Å². The smallest absolute Gasteiger partial charge is 0.0847 e. The standard InChI is InChI=1S/C17H28O/c1-6-15(13(2)3)12-18-17(14(4)5)16-10-8-7-9-11-16/h7-11,13-15,17H,6,12H2,1-5H3. The summed E-state index contributed by atoms with van der Waals surface area (Å²) in [4.78, 5) is 0. The zero-order valence-corrected chi connectivity index (χ0v) is 12.5. The molecule has 0 spiro atoms. The molecule has 0 N–H and O–H groups in total. The van der Waals surface area contributed by atoms with Gasteiger partial charge in [-0.2, -0.15) is 0 Å². The summed E-state index contributed by atoms with van der Waals surface area (Å²) in [5.41, 5.74) is 1.30. The Morgan fingerprint density at radius 3 is 2.00 bits per heavy atom. The van der Waals surface area contributed by atoms with Crippen molar-refractivity contribution in [3.05, 3.63) is 35.9 Å². The van der Waals surface area contributed by atoms with Gasteiger partial charge in [-0.3, -0.25) is 0 Å². The molecule has 1 aromatic rings. The van der Waals surface area contributed by atoms with Crippen LogP contribution in [0.4, 0.5) is 0 Å². The first kappa shape index (κ1) is 15.2. The molecular formula is C17H28O. The van der Waals surface area contributed by atoms with E-state index in [-0.39, 0.29) is 6.10 Å². The van der Waals surface area contributed by atoms with Crippen molar-refractivity contribution >= 4 is 0 Å². The highest BCUT2D eigenvalue weighted by molar-refractivity contribution is 5.18. The van der Waals surface area contributed by atoms with Crippen LogP contribution in [0.1, 0.15) is 52.7 Å². The van der Waals surface area contributed by atoms with E-state index in [4.69, 9.17) is 4.74 Å². The van der Waals surface area contributed by atoms with Gasteiger partial charge in [0, 0.05) is 0 Å². The summed E-state index contributed by atoms with van der Waals surface area (Å²) in [6, 6.07) is 10.6. The van der Waals surface area contributed by atoms with Crippen LogP contribution in [0.25, 0.3) is 0 Å². The Kier molecular flexibility index (Phi) is 6.42. The number of hydrogen-bond acceptors (Lipinski definition) is 1. The molecule has 102 valence electrons. The number of benzene rings is 1. The fraction of sp³-hybridized carbons (Fsp3) is 0.647. The van der Waals surface area contributed by atoms with Crippen molar-refractivity contribution in [2.45, 2.75) is 47.1 Å². The summed E-state index contributed by atoms with van der Waals surface area (Å²) < 4.78 is 6.20. The lowest BCUT2D eigenvalue weighted by atomic mass is 9.93. The molecule has 18 heavy (non-hydrogen) atoms.